The molecule has 2 atom stereocenters. The lowest BCUT2D eigenvalue weighted by Crippen LogP contribution is -2.53. The van der Waals surface area contributed by atoms with Gasteiger partial charge in [-0.2, -0.15) is 0 Å². The van der Waals surface area contributed by atoms with Crippen molar-refractivity contribution in [1.29, 1.82) is 0 Å². The number of ether oxygens (including phenoxy) is 4. The summed E-state index contributed by atoms with van der Waals surface area (Å²) in [6.07, 6.45) is 0.0663. The van der Waals surface area contributed by atoms with Gasteiger partial charge >= 0.3 is 0 Å². The highest BCUT2D eigenvalue weighted by atomic mass is 79.9. The number of benzene rings is 4. The van der Waals surface area contributed by atoms with Crippen molar-refractivity contribution in [3.8, 4) is 17.2 Å². The van der Waals surface area contributed by atoms with Crippen LogP contribution in [0.2, 0.25) is 0 Å². The van der Waals surface area contributed by atoms with E-state index < -0.39 is 11.6 Å². The molecule has 4 aromatic carbocycles. The molecule has 2 aliphatic rings. The van der Waals surface area contributed by atoms with E-state index in [0.717, 1.165) is 25.6 Å². The van der Waals surface area contributed by atoms with E-state index in [9.17, 15) is 4.79 Å². The number of nitrogens with zero attached hydrogens (tertiary/aromatic N) is 1. The number of aliphatic hydroxyl groups excluding tert-OH is 1. The summed E-state index contributed by atoms with van der Waals surface area (Å²) in [6.45, 7) is 1.02. The van der Waals surface area contributed by atoms with Crippen LogP contribution in [0.4, 0.5) is 0 Å². The topological polar surface area (TPSA) is 111 Å². The molecule has 1 amide bonds. The summed E-state index contributed by atoms with van der Waals surface area (Å²) in [6, 6.07) is 28.6. The number of carbonyl (C=O) groups excluding carboxylic acids is 1. The zero-order valence-corrected chi connectivity index (χ0v) is 27.3. The Morgan fingerprint density at radius 2 is 1.71 bits per heavy atom. The van der Waals surface area contributed by atoms with Gasteiger partial charge in [-0.3, -0.25) is 10.2 Å². The molecule has 0 bridgehead atoms. The zero-order valence-electron chi connectivity index (χ0n) is 24.2. The molecule has 0 aliphatic carbocycles. The number of hydrogen-bond acceptors (Lipinski definition) is 8. The number of hydrogen-bond donors (Lipinski definition) is 3. The molecule has 4 aromatic rings. The summed E-state index contributed by atoms with van der Waals surface area (Å²) in [5, 5.41) is 9.06. The first-order chi connectivity index (χ1) is 21.9. The standard InChI is InChI=1S/C34H31Br2N3O6/c35-25-11-6-22(7-12-25)19-34(33(41)39-37-20-23-8-15-29-30(18-23)44-21-43-29)31(27-4-1-2-5-28(27)36)45-32(38-34)24-9-13-26(14-10-24)42-17-3-16-40/h1-2,4-15,18,31,37,40H,3,16-17,19-21H2,(H,39,41)/t31-,34-/m0/s1. The predicted molar refractivity (Wildman–Crippen MR) is 176 cm³/mol. The molecule has 45 heavy (non-hydrogen) atoms. The van der Waals surface area contributed by atoms with Crippen LogP contribution in [0.15, 0.2) is 105 Å². The first-order valence-electron chi connectivity index (χ1n) is 14.5. The molecule has 0 saturated heterocycles. The van der Waals surface area contributed by atoms with Gasteiger partial charge in [0.15, 0.2) is 23.1 Å². The van der Waals surface area contributed by atoms with Crippen LogP contribution in [0.1, 0.15) is 34.8 Å². The van der Waals surface area contributed by atoms with E-state index in [1.165, 1.54) is 0 Å². The second-order valence-electron chi connectivity index (χ2n) is 10.6. The number of nitrogens with one attached hydrogen (secondary N) is 2. The van der Waals surface area contributed by atoms with Gasteiger partial charge in [-0.25, -0.2) is 10.4 Å². The fourth-order valence-electron chi connectivity index (χ4n) is 5.25. The highest BCUT2D eigenvalue weighted by Gasteiger charge is 2.54. The van der Waals surface area contributed by atoms with E-state index >= 15 is 0 Å². The number of amides is 1. The number of hydrazine groups is 1. The molecule has 0 fully saturated rings. The van der Waals surface area contributed by atoms with Crippen LogP contribution in [-0.4, -0.2) is 42.5 Å². The van der Waals surface area contributed by atoms with E-state index in [2.05, 4.69) is 42.7 Å². The maximum atomic E-state index is 14.4. The maximum Gasteiger partial charge on any atom is 0.266 e. The Hall–Kier alpha value is -3.90. The van der Waals surface area contributed by atoms with E-state index in [4.69, 9.17) is 29.0 Å². The number of halogens is 2. The Balaban J connectivity index is 1.34. The number of fused-ring (bicyclic) bond motifs is 1. The van der Waals surface area contributed by atoms with Gasteiger partial charge in [-0.1, -0.05) is 68.3 Å². The first-order valence-corrected chi connectivity index (χ1v) is 16.0. The Morgan fingerprint density at radius 1 is 0.956 bits per heavy atom. The van der Waals surface area contributed by atoms with E-state index in [0.29, 0.717) is 48.3 Å². The Morgan fingerprint density at radius 3 is 2.49 bits per heavy atom. The third kappa shape index (κ3) is 7.01. The van der Waals surface area contributed by atoms with Crippen molar-refractivity contribution in [2.24, 2.45) is 4.99 Å². The van der Waals surface area contributed by atoms with Gasteiger partial charge in [0.25, 0.3) is 5.91 Å². The highest BCUT2D eigenvalue weighted by Crippen LogP contribution is 2.44. The van der Waals surface area contributed by atoms with E-state index in [-0.39, 0.29) is 25.7 Å². The van der Waals surface area contributed by atoms with Crippen molar-refractivity contribution < 1.29 is 28.8 Å². The number of aliphatic imine (C=N–C) groups is 1. The third-order valence-electron chi connectivity index (χ3n) is 7.54. The molecular formula is C34H31Br2N3O6. The number of carbonyl (C=O) groups is 1. The predicted octanol–water partition coefficient (Wildman–Crippen LogP) is 6.02. The van der Waals surface area contributed by atoms with Crippen LogP contribution < -0.4 is 25.1 Å². The summed E-state index contributed by atoms with van der Waals surface area (Å²) in [5.41, 5.74) is 7.98. The molecule has 2 aliphatic heterocycles. The van der Waals surface area contributed by atoms with Crippen LogP contribution in [0.3, 0.4) is 0 Å². The minimum absolute atomic E-state index is 0.0627. The monoisotopic (exact) mass is 735 g/mol. The second kappa shape index (κ2) is 14.0. The van der Waals surface area contributed by atoms with E-state index in [1.807, 2.05) is 91.0 Å². The molecule has 11 heteroatoms. The molecule has 0 radical (unpaired) electrons. The van der Waals surface area contributed by atoms with Crippen LogP contribution in [0.5, 0.6) is 17.2 Å². The molecule has 2 heterocycles. The summed E-state index contributed by atoms with van der Waals surface area (Å²) < 4.78 is 25.0. The lowest BCUT2D eigenvalue weighted by Gasteiger charge is -2.31. The Labute approximate surface area is 277 Å². The average molecular weight is 737 g/mol. The molecule has 0 unspecified atom stereocenters. The highest BCUT2D eigenvalue weighted by molar-refractivity contribution is 9.10. The molecule has 9 nitrogen and oxygen atoms in total. The average Bonchev–Trinajstić information content (AvgIpc) is 3.68. The van der Waals surface area contributed by atoms with Gasteiger partial charge in [0.05, 0.1) is 6.61 Å². The molecule has 232 valence electrons. The Kier molecular flexibility index (Phi) is 9.70. The number of rotatable bonds is 12. The smallest absolute Gasteiger partial charge is 0.266 e. The van der Waals surface area contributed by atoms with Gasteiger partial charge in [0, 0.05) is 46.1 Å². The lowest BCUT2D eigenvalue weighted by atomic mass is 9.82. The quantitative estimate of drug-likeness (QED) is 0.121. The van der Waals surface area contributed by atoms with Crippen LogP contribution in [0, 0.1) is 0 Å². The van der Waals surface area contributed by atoms with Crippen molar-refractivity contribution in [3.05, 3.63) is 122 Å². The van der Waals surface area contributed by atoms with Gasteiger partial charge in [0.2, 0.25) is 12.7 Å². The van der Waals surface area contributed by atoms with Crippen LogP contribution in [0.25, 0.3) is 0 Å². The van der Waals surface area contributed by atoms with Gasteiger partial charge in [-0.05, 0) is 65.7 Å². The molecular weight excluding hydrogens is 706 g/mol. The minimum Gasteiger partial charge on any atom is -0.494 e. The van der Waals surface area contributed by atoms with Crippen molar-refractivity contribution in [1.82, 2.24) is 10.9 Å². The number of aliphatic hydroxyl groups is 1. The summed E-state index contributed by atoms with van der Waals surface area (Å²) in [4.78, 5) is 19.5. The van der Waals surface area contributed by atoms with Crippen molar-refractivity contribution in [2.75, 3.05) is 20.0 Å². The zero-order chi connectivity index (χ0) is 31.2. The van der Waals surface area contributed by atoms with Crippen LogP contribution in [-0.2, 0) is 22.5 Å². The fourth-order valence-corrected chi connectivity index (χ4v) is 6.00. The normalized spacial score (nSPS) is 18.3. The largest absolute Gasteiger partial charge is 0.494 e. The summed E-state index contributed by atoms with van der Waals surface area (Å²) in [5.74, 6) is 2.04. The van der Waals surface area contributed by atoms with Crippen molar-refractivity contribution >= 4 is 43.7 Å². The van der Waals surface area contributed by atoms with E-state index in [1.54, 1.807) is 0 Å². The van der Waals surface area contributed by atoms with Crippen LogP contribution >= 0.6 is 31.9 Å². The molecule has 0 spiro atoms. The fraction of sp³-hybridized carbons (Fsp3) is 0.235. The SMILES string of the molecule is O=C(NNCc1ccc2c(c1)OCO2)[C@@]1(Cc2ccc(Br)cc2)N=C(c2ccc(OCCCO)cc2)O[C@H]1c1ccccc1Br. The van der Waals surface area contributed by atoms with Gasteiger partial charge < -0.3 is 24.1 Å². The van der Waals surface area contributed by atoms with Crippen molar-refractivity contribution in [3.63, 3.8) is 0 Å². The van der Waals surface area contributed by atoms with Crippen molar-refractivity contribution in [2.45, 2.75) is 31.0 Å². The molecule has 6 rings (SSSR count). The lowest BCUT2D eigenvalue weighted by molar-refractivity contribution is -0.130. The molecule has 0 saturated carbocycles. The summed E-state index contributed by atoms with van der Waals surface area (Å²) in [7, 11) is 0. The Bertz CT molecular complexity index is 1680. The molecule has 0 aromatic heterocycles. The third-order valence-corrected chi connectivity index (χ3v) is 8.79. The van der Waals surface area contributed by atoms with Gasteiger partial charge in [-0.15, -0.1) is 0 Å². The minimum atomic E-state index is -1.37. The summed E-state index contributed by atoms with van der Waals surface area (Å²) >= 11 is 7.20. The van der Waals surface area contributed by atoms with Gasteiger partial charge in [0.1, 0.15) is 5.75 Å². The molecule has 3 N–H and O–H groups in total. The first kappa shape index (κ1) is 31.1. The maximum absolute atomic E-state index is 14.4. The second-order valence-corrected chi connectivity index (χ2v) is 12.4.